The number of benzene rings is 1. The summed E-state index contributed by atoms with van der Waals surface area (Å²) in [6.45, 7) is 4.34. The Hall–Kier alpha value is -3.09. The molecule has 25 heavy (non-hydrogen) atoms. The van der Waals surface area contributed by atoms with Gasteiger partial charge < -0.3 is 9.84 Å². The Morgan fingerprint density at radius 1 is 1.16 bits per heavy atom. The molecule has 0 aliphatic heterocycles. The van der Waals surface area contributed by atoms with Crippen LogP contribution in [0.2, 0.25) is 0 Å². The minimum absolute atomic E-state index is 0.195. The predicted molar refractivity (Wildman–Crippen MR) is 91.5 cm³/mol. The first-order valence-electron chi connectivity index (χ1n) is 8.09. The van der Waals surface area contributed by atoms with Crippen molar-refractivity contribution in [1.82, 2.24) is 25.4 Å². The average molecular weight is 337 g/mol. The van der Waals surface area contributed by atoms with E-state index in [0.717, 1.165) is 12.0 Å². The molecule has 7 nitrogen and oxygen atoms in total. The second-order valence-corrected chi connectivity index (χ2v) is 6.05. The van der Waals surface area contributed by atoms with Crippen molar-refractivity contribution in [1.29, 1.82) is 0 Å². The molecule has 0 bridgehead atoms. The number of rotatable bonds is 6. The van der Waals surface area contributed by atoms with Gasteiger partial charge in [0.15, 0.2) is 11.6 Å². The van der Waals surface area contributed by atoms with E-state index < -0.39 is 0 Å². The van der Waals surface area contributed by atoms with Crippen LogP contribution in [0.4, 0.5) is 0 Å². The Bertz CT molecular complexity index is 828. The third-order valence-corrected chi connectivity index (χ3v) is 3.45. The standard InChI is InChI=1S/C18H19N5O2/c1-12(2)8-16-22-15(23-25-16)11-21-18(24)14-9-19-17(20-10-14)13-6-4-3-5-7-13/h3-7,9-10,12H,8,11H2,1-2H3,(H,21,24). The van der Waals surface area contributed by atoms with E-state index in [1.807, 2.05) is 30.3 Å². The molecular weight excluding hydrogens is 318 g/mol. The minimum Gasteiger partial charge on any atom is -0.345 e. The molecule has 128 valence electrons. The smallest absolute Gasteiger partial charge is 0.254 e. The van der Waals surface area contributed by atoms with Gasteiger partial charge in [-0.05, 0) is 5.92 Å². The number of amides is 1. The number of carbonyl (C=O) groups is 1. The van der Waals surface area contributed by atoms with Crippen LogP contribution in [-0.4, -0.2) is 26.0 Å². The molecule has 0 aliphatic carbocycles. The molecule has 7 heteroatoms. The summed E-state index contributed by atoms with van der Waals surface area (Å²) in [4.78, 5) is 24.9. The van der Waals surface area contributed by atoms with Gasteiger partial charge in [-0.2, -0.15) is 4.98 Å². The number of aromatic nitrogens is 4. The number of hydrogen-bond acceptors (Lipinski definition) is 6. The van der Waals surface area contributed by atoms with Crippen LogP contribution in [0, 0.1) is 5.92 Å². The lowest BCUT2D eigenvalue weighted by Crippen LogP contribution is -2.23. The van der Waals surface area contributed by atoms with E-state index >= 15 is 0 Å². The Labute approximate surface area is 145 Å². The predicted octanol–water partition coefficient (Wildman–Crippen LogP) is 2.66. The lowest BCUT2D eigenvalue weighted by molar-refractivity contribution is 0.0949. The highest BCUT2D eigenvalue weighted by molar-refractivity contribution is 5.93. The summed E-state index contributed by atoms with van der Waals surface area (Å²) in [5, 5.41) is 6.59. The van der Waals surface area contributed by atoms with Crippen LogP contribution in [0.25, 0.3) is 11.4 Å². The first kappa shape index (κ1) is 16.8. The molecule has 0 fully saturated rings. The van der Waals surface area contributed by atoms with E-state index in [0.29, 0.717) is 29.0 Å². The molecule has 3 aromatic rings. The molecule has 0 spiro atoms. The van der Waals surface area contributed by atoms with E-state index in [9.17, 15) is 4.79 Å². The van der Waals surface area contributed by atoms with Gasteiger partial charge in [-0.25, -0.2) is 9.97 Å². The Morgan fingerprint density at radius 2 is 1.88 bits per heavy atom. The summed E-state index contributed by atoms with van der Waals surface area (Å²) in [7, 11) is 0. The summed E-state index contributed by atoms with van der Waals surface area (Å²) in [6, 6.07) is 9.59. The molecule has 0 unspecified atom stereocenters. The van der Waals surface area contributed by atoms with Gasteiger partial charge in [0, 0.05) is 24.4 Å². The van der Waals surface area contributed by atoms with Crippen LogP contribution in [0.3, 0.4) is 0 Å². The molecule has 1 N–H and O–H groups in total. The molecule has 0 atom stereocenters. The highest BCUT2D eigenvalue weighted by Crippen LogP contribution is 2.13. The monoisotopic (exact) mass is 337 g/mol. The van der Waals surface area contributed by atoms with Gasteiger partial charge in [-0.3, -0.25) is 4.79 Å². The zero-order valence-corrected chi connectivity index (χ0v) is 14.1. The quantitative estimate of drug-likeness (QED) is 0.743. The summed E-state index contributed by atoms with van der Waals surface area (Å²) in [5.41, 5.74) is 1.28. The third kappa shape index (κ3) is 4.47. The zero-order valence-electron chi connectivity index (χ0n) is 14.1. The molecule has 0 saturated carbocycles. The first-order chi connectivity index (χ1) is 12.1. The number of hydrogen-bond donors (Lipinski definition) is 1. The van der Waals surface area contributed by atoms with E-state index in [1.165, 1.54) is 12.4 Å². The summed E-state index contributed by atoms with van der Waals surface area (Å²) in [5.74, 6) is 1.76. The van der Waals surface area contributed by atoms with Gasteiger partial charge >= 0.3 is 0 Å². The maximum absolute atomic E-state index is 12.2. The first-order valence-corrected chi connectivity index (χ1v) is 8.09. The summed E-state index contributed by atoms with van der Waals surface area (Å²) >= 11 is 0. The molecule has 0 saturated heterocycles. The van der Waals surface area contributed by atoms with Crippen LogP contribution in [0.5, 0.6) is 0 Å². The molecule has 1 aromatic carbocycles. The van der Waals surface area contributed by atoms with Gasteiger partial charge in [0.1, 0.15) is 0 Å². The Morgan fingerprint density at radius 3 is 2.56 bits per heavy atom. The number of nitrogens with one attached hydrogen (secondary N) is 1. The van der Waals surface area contributed by atoms with Crippen molar-refractivity contribution < 1.29 is 9.32 Å². The fourth-order valence-corrected chi connectivity index (χ4v) is 2.24. The number of nitrogens with zero attached hydrogens (tertiary/aromatic N) is 4. The fraction of sp³-hybridized carbons (Fsp3) is 0.278. The zero-order chi connectivity index (χ0) is 17.6. The van der Waals surface area contributed by atoms with Gasteiger partial charge in [0.25, 0.3) is 5.91 Å². The SMILES string of the molecule is CC(C)Cc1nc(CNC(=O)c2cnc(-c3ccccc3)nc2)no1. The van der Waals surface area contributed by atoms with Crippen molar-refractivity contribution in [2.75, 3.05) is 0 Å². The topological polar surface area (TPSA) is 93.8 Å². The highest BCUT2D eigenvalue weighted by Gasteiger charge is 2.11. The summed E-state index contributed by atoms with van der Waals surface area (Å²) in [6.07, 6.45) is 3.73. The van der Waals surface area contributed by atoms with Gasteiger partial charge in [0.2, 0.25) is 5.89 Å². The highest BCUT2D eigenvalue weighted by atomic mass is 16.5. The van der Waals surface area contributed by atoms with Crippen molar-refractivity contribution in [2.24, 2.45) is 5.92 Å². The van der Waals surface area contributed by atoms with E-state index in [-0.39, 0.29) is 12.5 Å². The lowest BCUT2D eigenvalue weighted by Gasteiger charge is -2.03. The van der Waals surface area contributed by atoms with Gasteiger partial charge in [0.05, 0.1) is 12.1 Å². The molecule has 3 rings (SSSR count). The lowest BCUT2D eigenvalue weighted by atomic mass is 10.1. The van der Waals surface area contributed by atoms with E-state index in [1.54, 1.807) is 0 Å². The van der Waals surface area contributed by atoms with Crippen molar-refractivity contribution in [3.8, 4) is 11.4 Å². The second kappa shape index (κ2) is 7.65. The van der Waals surface area contributed by atoms with Crippen LogP contribution in [0.1, 0.15) is 35.9 Å². The van der Waals surface area contributed by atoms with Crippen LogP contribution in [0.15, 0.2) is 47.2 Å². The fourth-order valence-electron chi connectivity index (χ4n) is 2.24. The van der Waals surface area contributed by atoms with Gasteiger partial charge in [-0.1, -0.05) is 49.3 Å². The average Bonchev–Trinajstić information content (AvgIpc) is 3.07. The van der Waals surface area contributed by atoms with E-state index in [2.05, 4.69) is 39.3 Å². The molecule has 2 heterocycles. The van der Waals surface area contributed by atoms with E-state index in [4.69, 9.17) is 4.52 Å². The van der Waals surface area contributed by atoms with Crippen LogP contribution >= 0.6 is 0 Å². The maximum atomic E-state index is 12.2. The third-order valence-electron chi connectivity index (χ3n) is 3.45. The van der Waals surface area contributed by atoms with Crippen molar-refractivity contribution in [2.45, 2.75) is 26.8 Å². The molecule has 0 radical (unpaired) electrons. The molecule has 1 amide bonds. The molecular formula is C18H19N5O2. The van der Waals surface area contributed by atoms with Crippen molar-refractivity contribution >= 4 is 5.91 Å². The Balaban J connectivity index is 1.59. The largest absolute Gasteiger partial charge is 0.345 e. The number of carbonyl (C=O) groups excluding carboxylic acids is 1. The maximum Gasteiger partial charge on any atom is 0.254 e. The molecule has 0 aliphatic rings. The van der Waals surface area contributed by atoms with Crippen LogP contribution < -0.4 is 5.32 Å². The second-order valence-electron chi connectivity index (χ2n) is 6.05. The van der Waals surface area contributed by atoms with Crippen molar-refractivity contribution in [3.63, 3.8) is 0 Å². The normalized spacial score (nSPS) is 10.8. The summed E-state index contributed by atoms with van der Waals surface area (Å²) < 4.78 is 5.14. The van der Waals surface area contributed by atoms with Crippen molar-refractivity contribution in [3.05, 3.63) is 60.0 Å². The van der Waals surface area contributed by atoms with Crippen LogP contribution in [-0.2, 0) is 13.0 Å². The van der Waals surface area contributed by atoms with Gasteiger partial charge in [-0.15, -0.1) is 0 Å². The minimum atomic E-state index is -0.283. The Kier molecular flexibility index (Phi) is 5.13. The molecule has 2 aromatic heterocycles.